The van der Waals surface area contributed by atoms with E-state index in [-0.39, 0.29) is 5.78 Å². The van der Waals surface area contributed by atoms with Gasteiger partial charge in [0.05, 0.1) is 0 Å². The van der Waals surface area contributed by atoms with E-state index in [0.29, 0.717) is 15.0 Å². The Balaban J connectivity index is 2.13. The van der Waals surface area contributed by atoms with E-state index < -0.39 is 0 Å². The third-order valence-electron chi connectivity index (χ3n) is 2.35. The van der Waals surface area contributed by atoms with Crippen molar-refractivity contribution >= 4 is 25.2 Å². The Labute approximate surface area is 90.4 Å². The fourth-order valence-electron chi connectivity index (χ4n) is 1.47. The molecule has 0 bridgehead atoms. The van der Waals surface area contributed by atoms with Gasteiger partial charge in [-0.2, -0.15) is 0 Å². The second kappa shape index (κ2) is 4.12. The van der Waals surface area contributed by atoms with Crippen LogP contribution in [0.25, 0.3) is 0 Å². The number of rotatable bonds is 3. The van der Waals surface area contributed by atoms with Crippen molar-refractivity contribution < 1.29 is 4.79 Å². The molecule has 1 aromatic rings. The number of carbonyl (C=O) groups excluding carboxylic acids is 1. The van der Waals surface area contributed by atoms with Crippen LogP contribution in [0.1, 0.15) is 19.8 Å². The van der Waals surface area contributed by atoms with Gasteiger partial charge in [-0.05, 0) is 0 Å². The first-order chi connectivity index (χ1) is 6.77. The second-order valence-corrected chi connectivity index (χ2v) is 5.82. The van der Waals surface area contributed by atoms with Crippen LogP contribution in [0.2, 0.25) is 0 Å². The van der Waals surface area contributed by atoms with Crippen LogP contribution in [0, 0.1) is 0 Å². The molecule has 72 valence electrons. The van der Waals surface area contributed by atoms with E-state index in [0.717, 1.165) is 18.4 Å². The maximum atomic E-state index is 11.2. The topological polar surface area (TPSA) is 17.1 Å². The van der Waals surface area contributed by atoms with Gasteiger partial charge in [-0.3, -0.25) is 0 Å². The fraction of sp³-hybridized carbons (Fsp3) is 0.250. The molecular weight excluding hydrogens is 239 g/mol. The van der Waals surface area contributed by atoms with Crippen LogP contribution in [0.4, 0.5) is 0 Å². The van der Waals surface area contributed by atoms with Gasteiger partial charge in [0.25, 0.3) is 0 Å². The summed E-state index contributed by atoms with van der Waals surface area (Å²) in [6.45, 7) is 1.68. The number of Topliss-reactive ketones (excluding diaryl/α,β-unsaturated/α-hetero) is 1. The number of ketones is 1. The number of benzene rings is 1. The molecule has 0 unspecified atom stereocenters. The Kier molecular flexibility index (Phi) is 2.85. The molecule has 1 nitrogen and oxygen atoms in total. The first kappa shape index (κ1) is 9.69. The summed E-state index contributed by atoms with van der Waals surface area (Å²) in [5.41, 5.74) is 1.09. The summed E-state index contributed by atoms with van der Waals surface area (Å²) in [6.07, 6.45) is 2.13. The number of allylic oxidation sites excluding steroid dienone is 2. The van der Waals surface area contributed by atoms with Gasteiger partial charge in [0.2, 0.25) is 0 Å². The van der Waals surface area contributed by atoms with Gasteiger partial charge in [-0.25, -0.2) is 0 Å². The van der Waals surface area contributed by atoms with Crippen LogP contribution in [0.3, 0.4) is 0 Å². The molecule has 0 saturated heterocycles. The Hall–Kier alpha value is -0.851. The first-order valence-electron chi connectivity index (χ1n) is 4.73. The van der Waals surface area contributed by atoms with Crippen LogP contribution >= 0.6 is 0 Å². The van der Waals surface area contributed by atoms with Crippen molar-refractivity contribution in [2.45, 2.75) is 19.8 Å². The molecule has 1 aliphatic rings. The monoisotopic (exact) mass is 252 g/mol. The number of hydrogen-bond donors (Lipinski definition) is 0. The summed E-state index contributed by atoms with van der Waals surface area (Å²) >= 11 is 0.376. The zero-order valence-electron chi connectivity index (χ0n) is 8.12. The van der Waals surface area contributed by atoms with Crippen LogP contribution in [0.5, 0.6) is 0 Å². The third kappa shape index (κ3) is 1.97. The Bertz CT molecular complexity index is 379. The van der Waals surface area contributed by atoms with Gasteiger partial charge >= 0.3 is 90.1 Å². The van der Waals surface area contributed by atoms with Crippen molar-refractivity contribution in [1.82, 2.24) is 0 Å². The summed E-state index contributed by atoms with van der Waals surface area (Å²) in [6, 6.07) is 10.4. The van der Waals surface area contributed by atoms with E-state index in [9.17, 15) is 4.79 Å². The number of hydrogen-bond acceptors (Lipinski definition) is 1. The summed E-state index contributed by atoms with van der Waals surface area (Å²) in [5.74, 6) is 0.268. The molecule has 0 N–H and O–H groups in total. The molecule has 0 saturated carbocycles. The summed E-state index contributed by atoms with van der Waals surface area (Å²) in [7, 11) is 0. The molecule has 2 rings (SSSR count). The normalized spacial score (nSPS) is 15.2. The predicted molar refractivity (Wildman–Crippen MR) is 58.8 cm³/mol. The molecule has 0 radical (unpaired) electrons. The average Bonchev–Trinajstić information content (AvgIpc) is 2.13. The summed E-state index contributed by atoms with van der Waals surface area (Å²) in [5, 5.41) is 0. The van der Waals surface area contributed by atoms with Crippen LogP contribution < -0.4 is 4.46 Å². The van der Waals surface area contributed by atoms with Gasteiger partial charge in [-0.15, -0.1) is 0 Å². The van der Waals surface area contributed by atoms with Gasteiger partial charge in [0.1, 0.15) is 0 Å². The molecule has 0 aromatic heterocycles. The molecule has 2 heteroatoms. The van der Waals surface area contributed by atoms with Gasteiger partial charge in [-0.1, -0.05) is 0 Å². The minimum atomic E-state index is 0.268. The minimum absolute atomic E-state index is 0.268. The predicted octanol–water partition coefficient (Wildman–Crippen LogP) is 1.65. The SMILES string of the molecule is CC(=O)C1=C([Se]c2ccccc2)CC1. The van der Waals surface area contributed by atoms with Gasteiger partial charge in [0, 0.05) is 0 Å². The Morgan fingerprint density at radius 3 is 2.43 bits per heavy atom. The molecule has 1 aliphatic carbocycles. The number of carbonyl (C=O) groups is 1. The van der Waals surface area contributed by atoms with E-state index >= 15 is 0 Å². The molecule has 0 spiro atoms. The standard InChI is InChI=1S/C12H12OSe/c1-9(13)11-7-8-12(11)14-10-5-3-2-4-6-10/h2-6H,7-8H2,1H3. The quantitative estimate of drug-likeness (QED) is 0.746. The molecule has 14 heavy (non-hydrogen) atoms. The van der Waals surface area contributed by atoms with Gasteiger partial charge in [0.15, 0.2) is 0 Å². The van der Waals surface area contributed by atoms with Crippen molar-refractivity contribution in [2.75, 3.05) is 0 Å². The molecule has 0 amide bonds. The van der Waals surface area contributed by atoms with Crippen LogP contribution in [-0.2, 0) is 4.79 Å². The van der Waals surface area contributed by atoms with E-state index in [1.165, 1.54) is 8.93 Å². The van der Waals surface area contributed by atoms with Crippen LogP contribution in [0.15, 0.2) is 40.4 Å². The molecular formula is C12H12OSe. The van der Waals surface area contributed by atoms with Crippen molar-refractivity contribution in [2.24, 2.45) is 0 Å². The van der Waals surface area contributed by atoms with Gasteiger partial charge < -0.3 is 0 Å². The van der Waals surface area contributed by atoms with Crippen molar-refractivity contribution in [3.63, 3.8) is 0 Å². The molecule has 0 atom stereocenters. The maximum absolute atomic E-state index is 11.2. The molecule has 0 fully saturated rings. The first-order valence-corrected chi connectivity index (χ1v) is 6.44. The van der Waals surface area contributed by atoms with Crippen molar-refractivity contribution in [3.8, 4) is 0 Å². The van der Waals surface area contributed by atoms with E-state index in [2.05, 4.69) is 24.3 Å². The third-order valence-corrected chi connectivity index (χ3v) is 4.88. The van der Waals surface area contributed by atoms with E-state index in [1.54, 1.807) is 6.92 Å². The van der Waals surface area contributed by atoms with Crippen molar-refractivity contribution in [3.05, 3.63) is 40.4 Å². The Morgan fingerprint density at radius 2 is 1.93 bits per heavy atom. The fourth-order valence-corrected chi connectivity index (χ4v) is 3.88. The molecule has 0 heterocycles. The van der Waals surface area contributed by atoms with Crippen molar-refractivity contribution in [1.29, 1.82) is 0 Å². The average molecular weight is 251 g/mol. The second-order valence-electron chi connectivity index (χ2n) is 3.37. The van der Waals surface area contributed by atoms with E-state index in [1.807, 2.05) is 6.07 Å². The van der Waals surface area contributed by atoms with Crippen LogP contribution in [-0.4, -0.2) is 20.7 Å². The zero-order valence-corrected chi connectivity index (χ0v) is 9.83. The summed E-state index contributed by atoms with van der Waals surface area (Å²) < 4.78 is 2.77. The Morgan fingerprint density at radius 1 is 1.21 bits per heavy atom. The zero-order chi connectivity index (χ0) is 9.97. The summed E-state index contributed by atoms with van der Waals surface area (Å²) in [4.78, 5) is 11.2. The molecule has 1 aromatic carbocycles. The van der Waals surface area contributed by atoms with E-state index in [4.69, 9.17) is 0 Å². The molecule has 0 aliphatic heterocycles.